The molecule has 0 bridgehead atoms. The Bertz CT molecular complexity index is 560. The number of aliphatic hydroxyl groups is 3. The molecule has 1 saturated heterocycles. The summed E-state index contributed by atoms with van der Waals surface area (Å²) in [5, 5.41) is 32.0. The molecular weight excluding hydrogens is 425 g/mol. The van der Waals surface area contributed by atoms with Crippen LogP contribution in [0.3, 0.4) is 0 Å². The van der Waals surface area contributed by atoms with Crippen LogP contribution in [0.15, 0.2) is 0 Å². The lowest BCUT2D eigenvalue weighted by Crippen LogP contribution is -2.64. The quantitative estimate of drug-likeness (QED) is 0.261. The number of hydrogen-bond acceptors (Lipinski definition) is 10. The van der Waals surface area contributed by atoms with E-state index in [0.29, 0.717) is 13.0 Å². The minimum absolute atomic E-state index is 0.0410. The Morgan fingerprint density at radius 2 is 1.90 bits per heavy atom. The van der Waals surface area contributed by atoms with Crippen molar-refractivity contribution in [3.05, 3.63) is 0 Å². The summed E-state index contributed by atoms with van der Waals surface area (Å²) in [5.74, 6) is -0.210. The number of carbonyl (C=O) groups excluding carboxylic acids is 1. The van der Waals surface area contributed by atoms with Crippen LogP contribution < -0.4 is 5.32 Å². The molecule has 10 nitrogen and oxygen atoms in total. The van der Waals surface area contributed by atoms with E-state index >= 15 is 0 Å². The fourth-order valence-electron chi connectivity index (χ4n) is 2.55. The van der Waals surface area contributed by atoms with Crippen molar-refractivity contribution in [2.24, 2.45) is 0 Å². The SMILES string of the molecule is CCCOP(=O)(OC(C)(C)C)SCCOC1OC(CO)C(O)C(O)C1NC(C)=O. The summed E-state index contributed by atoms with van der Waals surface area (Å²) in [6.45, 7) is 4.89. The van der Waals surface area contributed by atoms with Crippen molar-refractivity contribution in [3.63, 3.8) is 0 Å². The predicted molar refractivity (Wildman–Crippen MR) is 108 cm³/mol. The number of amides is 1. The van der Waals surface area contributed by atoms with E-state index in [1.807, 2.05) is 6.92 Å². The summed E-state index contributed by atoms with van der Waals surface area (Å²) in [5.41, 5.74) is -0.658. The zero-order valence-electron chi connectivity index (χ0n) is 17.6. The average molecular weight is 459 g/mol. The zero-order valence-corrected chi connectivity index (χ0v) is 19.3. The second-order valence-corrected chi connectivity index (χ2v) is 11.7. The smallest absolute Gasteiger partial charge is 0.389 e. The lowest BCUT2D eigenvalue weighted by Gasteiger charge is -2.42. The number of hydrogen-bond donors (Lipinski definition) is 4. The zero-order chi connectivity index (χ0) is 22.2. The van der Waals surface area contributed by atoms with Gasteiger partial charge in [0.15, 0.2) is 6.29 Å². The summed E-state index contributed by atoms with van der Waals surface area (Å²) in [6, 6.07) is -1.02. The van der Waals surface area contributed by atoms with Crippen LogP contribution in [0.5, 0.6) is 0 Å². The molecule has 1 aliphatic rings. The highest BCUT2D eigenvalue weighted by Gasteiger charge is 2.45. The van der Waals surface area contributed by atoms with Crippen LogP contribution in [0.2, 0.25) is 0 Å². The van der Waals surface area contributed by atoms with Gasteiger partial charge in [0, 0.05) is 12.7 Å². The van der Waals surface area contributed by atoms with E-state index in [0.717, 1.165) is 11.4 Å². The molecule has 1 amide bonds. The molecule has 6 unspecified atom stereocenters. The van der Waals surface area contributed by atoms with E-state index in [9.17, 15) is 24.7 Å². The molecule has 172 valence electrons. The highest BCUT2D eigenvalue weighted by molar-refractivity contribution is 8.55. The molecule has 0 aromatic rings. The Morgan fingerprint density at radius 1 is 1.24 bits per heavy atom. The van der Waals surface area contributed by atoms with Crippen LogP contribution in [0.4, 0.5) is 0 Å². The van der Waals surface area contributed by atoms with E-state index in [-0.39, 0.29) is 12.4 Å². The molecule has 1 heterocycles. The molecule has 0 radical (unpaired) electrons. The van der Waals surface area contributed by atoms with Gasteiger partial charge in [-0.2, -0.15) is 0 Å². The standard InChI is InChI=1S/C17H34NO9PS/c1-6-7-25-28(23,27-17(3,4)5)29-9-8-24-16-13(18-11(2)20)15(22)14(21)12(10-19)26-16/h12-16,19,21-22H,6-10H2,1-5H3,(H,18,20). The molecule has 12 heteroatoms. The van der Waals surface area contributed by atoms with Gasteiger partial charge in [0.1, 0.15) is 24.4 Å². The third kappa shape index (κ3) is 9.20. The Labute approximate surface area is 175 Å². The monoisotopic (exact) mass is 459 g/mol. The summed E-state index contributed by atoms with van der Waals surface area (Å²) in [6.07, 6.45) is -4.24. The summed E-state index contributed by atoms with van der Waals surface area (Å²) < 4.78 is 35.0. The first-order valence-electron chi connectivity index (χ1n) is 9.53. The molecule has 0 aromatic heterocycles. The molecule has 0 aliphatic carbocycles. The van der Waals surface area contributed by atoms with E-state index in [1.165, 1.54) is 6.92 Å². The lowest BCUT2D eigenvalue weighted by molar-refractivity contribution is -0.268. The van der Waals surface area contributed by atoms with Crippen molar-refractivity contribution < 1.29 is 43.2 Å². The average Bonchev–Trinajstić information content (AvgIpc) is 2.60. The highest BCUT2D eigenvalue weighted by Crippen LogP contribution is 2.62. The fraction of sp³-hybridized carbons (Fsp3) is 0.941. The van der Waals surface area contributed by atoms with E-state index < -0.39 is 55.6 Å². The van der Waals surface area contributed by atoms with E-state index in [1.54, 1.807) is 20.8 Å². The van der Waals surface area contributed by atoms with Crippen LogP contribution in [0.1, 0.15) is 41.0 Å². The molecule has 1 rings (SSSR count). The van der Waals surface area contributed by atoms with Crippen molar-refractivity contribution in [3.8, 4) is 0 Å². The maximum atomic E-state index is 12.9. The van der Waals surface area contributed by atoms with Crippen molar-refractivity contribution in [2.75, 3.05) is 25.6 Å². The normalized spacial score (nSPS) is 30.0. The van der Waals surface area contributed by atoms with Crippen LogP contribution in [-0.2, 0) is 27.9 Å². The Hall–Kier alpha value is -0.230. The van der Waals surface area contributed by atoms with Gasteiger partial charge in [-0.3, -0.25) is 9.32 Å². The number of ether oxygens (including phenoxy) is 2. The molecule has 0 aromatic carbocycles. The molecule has 0 spiro atoms. The van der Waals surface area contributed by atoms with Gasteiger partial charge in [-0.1, -0.05) is 6.92 Å². The number of rotatable bonds is 11. The maximum absolute atomic E-state index is 12.9. The van der Waals surface area contributed by atoms with Gasteiger partial charge >= 0.3 is 6.80 Å². The summed E-state index contributed by atoms with van der Waals surface area (Å²) in [4.78, 5) is 11.4. The largest absolute Gasteiger partial charge is 0.394 e. The minimum Gasteiger partial charge on any atom is -0.394 e. The maximum Gasteiger partial charge on any atom is 0.389 e. The summed E-state index contributed by atoms with van der Waals surface area (Å²) in [7, 11) is 0. The highest BCUT2D eigenvalue weighted by atomic mass is 32.7. The minimum atomic E-state index is -3.41. The van der Waals surface area contributed by atoms with Crippen molar-refractivity contribution in [1.29, 1.82) is 0 Å². The van der Waals surface area contributed by atoms with E-state index in [4.69, 9.17) is 18.5 Å². The van der Waals surface area contributed by atoms with Gasteiger partial charge in [-0.05, 0) is 38.6 Å². The number of carbonyl (C=O) groups is 1. The molecular formula is C17H34NO9PS. The van der Waals surface area contributed by atoms with Gasteiger partial charge in [0.2, 0.25) is 5.91 Å². The van der Waals surface area contributed by atoms with Gasteiger partial charge < -0.3 is 34.6 Å². The Balaban J connectivity index is 2.69. The van der Waals surface area contributed by atoms with Crippen LogP contribution in [-0.4, -0.2) is 83.0 Å². The van der Waals surface area contributed by atoms with Crippen molar-refractivity contribution in [2.45, 2.75) is 77.3 Å². The topological polar surface area (TPSA) is 144 Å². The molecule has 1 aliphatic heterocycles. The first-order chi connectivity index (χ1) is 13.4. The van der Waals surface area contributed by atoms with Crippen molar-refractivity contribution in [1.82, 2.24) is 5.32 Å². The third-order valence-corrected chi connectivity index (χ3v) is 7.68. The Morgan fingerprint density at radius 3 is 2.41 bits per heavy atom. The number of nitrogens with one attached hydrogen (secondary N) is 1. The second-order valence-electron chi connectivity index (χ2n) is 7.62. The molecule has 4 N–H and O–H groups in total. The van der Waals surface area contributed by atoms with Crippen LogP contribution in [0.25, 0.3) is 0 Å². The second kappa shape index (κ2) is 12.0. The Kier molecular flexibility index (Phi) is 11.1. The van der Waals surface area contributed by atoms with Gasteiger partial charge in [-0.15, -0.1) is 0 Å². The van der Waals surface area contributed by atoms with E-state index in [2.05, 4.69) is 5.32 Å². The van der Waals surface area contributed by atoms with Gasteiger partial charge in [-0.25, -0.2) is 4.57 Å². The van der Waals surface area contributed by atoms with Crippen molar-refractivity contribution >= 4 is 24.1 Å². The summed E-state index contributed by atoms with van der Waals surface area (Å²) >= 11 is 0.984. The molecule has 0 saturated carbocycles. The molecule has 29 heavy (non-hydrogen) atoms. The first kappa shape index (κ1) is 26.8. The van der Waals surface area contributed by atoms with Crippen LogP contribution in [0, 0.1) is 0 Å². The lowest BCUT2D eigenvalue weighted by atomic mass is 9.97. The van der Waals surface area contributed by atoms with Gasteiger partial charge in [0.25, 0.3) is 0 Å². The molecule has 6 atom stereocenters. The van der Waals surface area contributed by atoms with Crippen LogP contribution >= 0.6 is 18.2 Å². The first-order valence-corrected chi connectivity index (χ1v) is 12.7. The third-order valence-electron chi connectivity index (χ3n) is 3.70. The van der Waals surface area contributed by atoms with Gasteiger partial charge in [0.05, 0.1) is 25.4 Å². The molecule has 1 fully saturated rings. The predicted octanol–water partition coefficient (Wildman–Crippen LogP) is 1.03. The fourth-order valence-corrected chi connectivity index (χ4v) is 6.38. The number of aliphatic hydroxyl groups excluding tert-OH is 3.